The van der Waals surface area contributed by atoms with Crippen LogP contribution in [0.2, 0.25) is 0 Å². The molecule has 0 aliphatic heterocycles. The van der Waals surface area contributed by atoms with Gasteiger partial charge in [-0.1, -0.05) is 93.2 Å². The molecule has 29 heavy (non-hydrogen) atoms. The van der Waals surface area contributed by atoms with Crippen LogP contribution in [0.1, 0.15) is 50.7 Å². The van der Waals surface area contributed by atoms with Crippen molar-refractivity contribution in [1.29, 1.82) is 0 Å². The predicted octanol–water partition coefficient (Wildman–Crippen LogP) is 3.68. The molecular weight excluding hydrogens is 382 g/mol. The smallest absolute Gasteiger partial charge is 0.234 e. The molecule has 0 radical (unpaired) electrons. The maximum absolute atomic E-state index is 13.0. The number of benzene rings is 2. The second kappa shape index (κ2) is 8.69. The highest BCUT2D eigenvalue weighted by Gasteiger charge is 2.26. The molecule has 1 heterocycles. The van der Waals surface area contributed by atoms with Gasteiger partial charge in [-0.2, -0.15) is 0 Å². The Kier molecular flexibility index (Phi) is 6.27. The van der Waals surface area contributed by atoms with Crippen molar-refractivity contribution in [1.82, 2.24) is 20.2 Å². The summed E-state index contributed by atoms with van der Waals surface area (Å²) in [6.45, 7) is 7.91. The number of nitrogens with one attached hydrogen (secondary N) is 1. The van der Waals surface area contributed by atoms with Gasteiger partial charge in [-0.3, -0.25) is 4.79 Å². The van der Waals surface area contributed by atoms with Gasteiger partial charge in [-0.25, -0.2) is 4.68 Å². The first kappa shape index (κ1) is 20.9. The molecule has 3 aromatic rings. The molecule has 0 aliphatic rings. The third kappa shape index (κ3) is 4.98. The third-order valence-corrected chi connectivity index (χ3v) is 5.60. The number of hydrogen-bond acceptors (Lipinski definition) is 5. The number of nitrogens with two attached hydrogens (primary N) is 1. The first-order valence-electron chi connectivity index (χ1n) is 9.55. The summed E-state index contributed by atoms with van der Waals surface area (Å²) in [5, 5.41) is 11.7. The topological polar surface area (TPSA) is 85.8 Å². The Bertz CT molecular complexity index is 911. The van der Waals surface area contributed by atoms with Crippen molar-refractivity contribution in [3.63, 3.8) is 0 Å². The van der Waals surface area contributed by atoms with Gasteiger partial charge in [0, 0.05) is 5.41 Å². The molecule has 1 unspecified atom stereocenters. The molecule has 0 saturated heterocycles. The lowest BCUT2D eigenvalue weighted by molar-refractivity contribution is -0.120. The van der Waals surface area contributed by atoms with E-state index in [1.807, 2.05) is 88.4 Å². The van der Waals surface area contributed by atoms with Crippen LogP contribution in [0, 0.1) is 0 Å². The Morgan fingerprint density at radius 3 is 1.97 bits per heavy atom. The van der Waals surface area contributed by atoms with Gasteiger partial charge in [0.05, 0.1) is 11.3 Å². The molecule has 1 amide bonds. The largest absolute Gasteiger partial charge is 0.344 e. The van der Waals surface area contributed by atoms with Crippen LogP contribution in [0.25, 0.3) is 0 Å². The molecule has 0 spiro atoms. The summed E-state index contributed by atoms with van der Waals surface area (Å²) >= 11 is 1.30. The molecule has 6 nitrogen and oxygen atoms in total. The Labute approximate surface area is 175 Å². The molecule has 7 heteroatoms. The van der Waals surface area contributed by atoms with Gasteiger partial charge in [0.2, 0.25) is 11.1 Å². The molecule has 0 aliphatic carbocycles. The van der Waals surface area contributed by atoms with E-state index in [4.69, 9.17) is 5.84 Å². The quantitative estimate of drug-likeness (QED) is 0.479. The Morgan fingerprint density at radius 2 is 1.52 bits per heavy atom. The predicted molar refractivity (Wildman–Crippen MR) is 117 cm³/mol. The van der Waals surface area contributed by atoms with E-state index >= 15 is 0 Å². The van der Waals surface area contributed by atoms with E-state index in [9.17, 15) is 4.79 Å². The van der Waals surface area contributed by atoms with Crippen molar-refractivity contribution in [2.45, 2.75) is 49.6 Å². The monoisotopic (exact) mass is 409 g/mol. The zero-order valence-corrected chi connectivity index (χ0v) is 18.0. The molecular formula is C22H27N5OS. The highest BCUT2D eigenvalue weighted by Crippen LogP contribution is 2.27. The maximum Gasteiger partial charge on any atom is 0.234 e. The number of amides is 1. The fraction of sp³-hybridized carbons (Fsp3) is 0.318. The number of nitrogen functional groups attached to an aromatic ring is 1. The van der Waals surface area contributed by atoms with Gasteiger partial charge < -0.3 is 11.2 Å². The van der Waals surface area contributed by atoms with E-state index in [0.717, 1.165) is 11.1 Å². The number of carbonyl (C=O) groups is 1. The summed E-state index contributed by atoms with van der Waals surface area (Å²) in [4.78, 5) is 13.0. The zero-order valence-electron chi connectivity index (χ0n) is 17.2. The average Bonchev–Trinajstić information content (AvgIpc) is 3.08. The van der Waals surface area contributed by atoms with Gasteiger partial charge in [0.25, 0.3) is 0 Å². The number of hydrogen-bond donors (Lipinski definition) is 2. The summed E-state index contributed by atoms with van der Waals surface area (Å²) in [7, 11) is 0. The lowest BCUT2D eigenvalue weighted by Gasteiger charge is -2.22. The second-order valence-corrected chi connectivity index (χ2v) is 9.26. The van der Waals surface area contributed by atoms with E-state index in [1.54, 1.807) is 0 Å². The summed E-state index contributed by atoms with van der Waals surface area (Å²) in [5.74, 6) is 6.75. The van der Waals surface area contributed by atoms with Crippen molar-refractivity contribution in [2.75, 3.05) is 5.84 Å². The normalized spacial score (nSPS) is 12.7. The Hall–Kier alpha value is -2.80. The van der Waals surface area contributed by atoms with Gasteiger partial charge in [0.15, 0.2) is 5.82 Å². The fourth-order valence-corrected chi connectivity index (χ4v) is 3.77. The van der Waals surface area contributed by atoms with Crippen molar-refractivity contribution in [3.05, 3.63) is 77.6 Å². The molecule has 2 aromatic carbocycles. The van der Waals surface area contributed by atoms with Gasteiger partial charge in [-0.05, 0) is 18.1 Å². The molecule has 1 aromatic heterocycles. The second-order valence-electron chi connectivity index (χ2n) is 7.95. The van der Waals surface area contributed by atoms with E-state index in [0.29, 0.717) is 11.0 Å². The summed E-state index contributed by atoms with van der Waals surface area (Å²) in [5.41, 5.74) is 1.83. The van der Waals surface area contributed by atoms with E-state index < -0.39 is 0 Å². The maximum atomic E-state index is 13.0. The van der Waals surface area contributed by atoms with Crippen LogP contribution in [0.3, 0.4) is 0 Å². The van der Waals surface area contributed by atoms with Crippen molar-refractivity contribution >= 4 is 17.7 Å². The molecule has 0 bridgehead atoms. The molecule has 3 N–H and O–H groups in total. The third-order valence-electron chi connectivity index (χ3n) is 4.54. The van der Waals surface area contributed by atoms with Crippen molar-refractivity contribution < 1.29 is 4.79 Å². The lowest BCUT2D eigenvalue weighted by Crippen LogP contribution is -2.35. The van der Waals surface area contributed by atoms with Crippen LogP contribution in [-0.2, 0) is 10.2 Å². The molecule has 0 saturated carbocycles. The van der Waals surface area contributed by atoms with Gasteiger partial charge in [-0.15, -0.1) is 10.2 Å². The van der Waals surface area contributed by atoms with Crippen LogP contribution < -0.4 is 11.2 Å². The number of nitrogens with zero attached hydrogens (tertiary/aromatic N) is 3. The zero-order chi connectivity index (χ0) is 21.0. The molecule has 0 fully saturated rings. The highest BCUT2D eigenvalue weighted by molar-refractivity contribution is 8.00. The van der Waals surface area contributed by atoms with Crippen LogP contribution in [0.4, 0.5) is 0 Å². The van der Waals surface area contributed by atoms with Gasteiger partial charge >= 0.3 is 0 Å². The SMILES string of the molecule is CC(Sc1nnc(C(C)(C)C)n1N)C(=O)NC(c1ccccc1)c1ccccc1. The Balaban J connectivity index is 1.77. The Morgan fingerprint density at radius 1 is 1.00 bits per heavy atom. The van der Waals surface area contributed by atoms with Crippen LogP contribution in [0.15, 0.2) is 65.8 Å². The minimum atomic E-state index is -0.385. The molecule has 3 rings (SSSR count). The van der Waals surface area contributed by atoms with Crippen LogP contribution >= 0.6 is 11.8 Å². The van der Waals surface area contributed by atoms with Gasteiger partial charge in [0.1, 0.15) is 0 Å². The standard InChI is InChI=1S/C22H27N5OS/c1-15(29-21-26-25-20(27(21)23)22(2,3)4)19(28)24-18(16-11-7-5-8-12-16)17-13-9-6-10-14-17/h5-15,18H,23H2,1-4H3,(H,24,28). The lowest BCUT2D eigenvalue weighted by atomic mass is 9.96. The summed E-state index contributed by atoms with van der Waals surface area (Å²) < 4.78 is 1.47. The number of thioether (sulfide) groups is 1. The molecule has 152 valence electrons. The van der Waals surface area contributed by atoms with Crippen LogP contribution in [0.5, 0.6) is 0 Å². The van der Waals surface area contributed by atoms with E-state index in [2.05, 4.69) is 15.5 Å². The fourth-order valence-electron chi connectivity index (χ4n) is 2.99. The van der Waals surface area contributed by atoms with Crippen molar-refractivity contribution in [3.8, 4) is 0 Å². The van der Waals surface area contributed by atoms with E-state index in [1.165, 1.54) is 16.4 Å². The summed E-state index contributed by atoms with van der Waals surface area (Å²) in [6.07, 6.45) is 0. The van der Waals surface area contributed by atoms with Crippen molar-refractivity contribution in [2.24, 2.45) is 0 Å². The average molecular weight is 410 g/mol. The van der Waals surface area contributed by atoms with Crippen LogP contribution in [-0.4, -0.2) is 26.0 Å². The van der Waals surface area contributed by atoms with E-state index in [-0.39, 0.29) is 22.6 Å². The minimum absolute atomic E-state index is 0.0898. The first-order valence-corrected chi connectivity index (χ1v) is 10.4. The summed E-state index contributed by atoms with van der Waals surface area (Å²) in [6, 6.07) is 19.7. The number of carbonyl (C=O) groups excluding carboxylic acids is 1. The first-order chi connectivity index (χ1) is 13.8. The number of rotatable bonds is 6. The highest BCUT2D eigenvalue weighted by atomic mass is 32.2. The minimum Gasteiger partial charge on any atom is -0.344 e. The number of aromatic nitrogens is 3. The molecule has 1 atom stereocenters.